The molecular weight excluding hydrogens is 107 g/mol. The van der Waals surface area contributed by atoms with Gasteiger partial charge in [-0.1, -0.05) is 26.7 Å². The molecule has 0 aromatic rings. The van der Waals surface area contributed by atoms with Crippen LogP contribution in [0.2, 0.25) is 12.1 Å². The second-order valence-corrected chi connectivity index (χ2v) is 3.25. The van der Waals surface area contributed by atoms with E-state index in [1.165, 1.54) is 34.4 Å². The third kappa shape index (κ3) is 9.94. The van der Waals surface area contributed by atoms with E-state index in [1.54, 1.807) is 0 Å². The zero-order valence-electron chi connectivity index (χ0n) is 6.33. The summed E-state index contributed by atoms with van der Waals surface area (Å²) in [6.45, 7) is 4.51. The Kier molecular flexibility index (Phi) is 15.6. The first-order valence-electron chi connectivity index (χ1n) is 3.12. The first-order valence-corrected chi connectivity index (χ1v) is 4.54. The fourth-order valence-electron chi connectivity index (χ4n) is 0.479. The molecule has 0 spiro atoms. The average Bonchev–Trinajstić information content (AvgIpc) is 1.69. The molecule has 0 aliphatic carbocycles. The topological polar surface area (TPSA) is 0 Å². The van der Waals surface area contributed by atoms with Crippen LogP contribution < -0.4 is 18.9 Å². The van der Waals surface area contributed by atoms with E-state index in [-0.39, 0.29) is 18.9 Å². The van der Waals surface area contributed by atoms with Gasteiger partial charge in [0.05, 0.1) is 0 Å². The van der Waals surface area contributed by atoms with Gasteiger partial charge in [0.25, 0.3) is 0 Å². The molecule has 0 bridgehead atoms. The molecule has 43 valence electrons. The molecule has 0 saturated carbocycles. The molecule has 0 aromatic heterocycles. The molecule has 0 atom stereocenters. The van der Waals surface area contributed by atoms with Gasteiger partial charge in [-0.15, -0.1) is 0 Å². The van der Waals surface area contributed by atoms with E-state index in [2.05, 4.69) is 13.8 Å². The predicted molar refractivity (Wildman–Crippen MR) is 35.9 cm³/mol. The van der Waals surface area contributed by atoms with Gasteiger partial charge in [0.15, 0.2) is 0 Å². The number of rotatable bonds is 4. The van der Waals surface area contributed by atoms with E-state index in [0.29, 0.717) is 0 Å². The molecule has 0 rings (SSSR count). The second-order valence-electron chi connectivity index (χ2n) is 1.75. The molecule has 0 aliphatic rings. The van der Waals surface area contributed by atoms with Crippen molar-refractivity contribution in [1.82, 2.24) is 0 Å². The molecule has 0 aliphatic heterocycles. The second kappa shape index (κ2) is 10.7. The Morgan fingerprint density at radius 2 is 1.38 bits per heavy atom. The minimum absolute atomic E-state index is 0. The summed E-state index contributed by atoms with van der Waals surface area (Å²) in [6, 6.07) is 2.90. The predicted octanol–water partition coefficient (Wildman–Crippen LogP) is -0.649. The summed E-state index contributed by atoms with van der Waals surface area (Å²) in [6.07, 6.45) is 2.75. The van der Waals surface area contributed by atoms with Gasteiger partial charge in [0, 0.05) is 0 Å². The van der Waals surface area contributed by atoms with Crippen LogP contribution in [0.1, 0.15) is 26.7 Å². The van der Waals surface area contributed by atoms with E-state index < -0.39 is 0 Å². The van der Waals surface area contributed by atoms with Crippen molar-refractivity contribution in [1.29, 1.82) is 0 Å². The molecule has 0 N–H and O–H groups in total. The minimum Gasteiger partial charge on any atom is -0.429 e. The first-order chi connectivity index (χ1) is 3.41. The maximum Gasteiger partial charge on any atom is 1.00 e. The van der Waals surface area contributed by atoms with Gasteiger partial charge in [0.2, 0.25) is 0 Å². The fourth-order valence-corrected chi connectivity index (χ4v) is 1.44. The normalized spacial score (nSPS) is 8.25. The van der Waals surface area contributed by atoms with Crippen molar-refractivity contribution in [3.8, 4) is 0 Å². The van der Waals surface area contributed by atoms with Crippen LogP contribution in [-0.2, 0) is 0 Å². The van der Waals surface area contributed by atoms with Crippen LogP contribution in [-0.4, -0.2) is 9.52 Å². The number of hydrogen-bond donors (Lipinski definition) is 0. The van der Waals surface area contributed by atoms with Gasteiger partial charge in [-0.25, -0.2) is 12.1 Å². The van der Waals surface area contributed by atoms with Crippen LogP contribution >= 0.6 is 0 Å². The molecule has 0 aromatic carbocycles. The van der Waals surface area contributed by atoms with Gasteiger partial charge in [0.1, 0.15) is 0 Å². The Balaban J connectivity index is 0. The summed E-state index contributed by atoms with van der Waals surface area (Å²) in [4.78, 5) is 0. The van der Waals surface area contributed by atoms with Gasteiger partial charge in [-0.05, 0) is 0 Å². The van der Waals surface area contributed by atoms with Gasteiger partial charge >= 0.3 is 18.9 Å². The number of hydrogen-bond acceptors (Lipinski definition) is 0. The zero-order valence-corrected chi connectivity index (χ0v) is 7.33. The Morgan fingerprint density at radius 1 is 1.00 bits per heavy atom. The van der Waals surface area contributed by atoms with Crippen molar-refractivity contribution in [2.75, 3.05) is 0 Å². The monoisotopic (exact) mass is 121 g/mol. The van der Waals surface area contributed by atoms with E-state index in [0.717, 1.165) is 0 Å². The Hall–Kier alpha value is 0.814. The summed E-state index contributed by atoms with van der Waals surface area (Å²) < 4.78 is 0. The molecule has 2 heteroatoms. The van der Waals surface area contributed by atoms with E-state index >= 15 is 0 Å². The summed E-state index contributed by atoms with van der Waals surface area (Å²) in [5.74, 6) is 0. The Labute approximate surface area is 67.4 Å². The van der Waals surface area contributed by atoms with Crippen LogP contribution in [0.3, 0.4) is 0 Å². The minimum atomic E-state index is 0. The molecule has 1 radical (unpaired) electrons. The molecule has 0 saturated heterocycles. The van der Waals surface area contributed by atoms with Crippen molar-refractivity contribution in [3.05, 3.63) is 0 Å². The van der Waals surface area contributed by atoms with E-state index in [1.807, 2.05) is 0 Å². The maximum atomic E-state index is 2.25. The summed E-state index contributed by atoms with van der Waals surface area (Å²) in [5, 5.41) is 0. The molecular formula is C6H14LiSi. The van der Waals surface area contributed by atoms with Crippen molar-refractivity contribution >= 4 is 9.52 Å². The smallest absolute Gasteiger partial charge is 0.429 e. The molecule has 0 nitrogen and oxygen atoms in total. The molecule has 0 fully saturated rings. The quantitative estimate of drug-likeness (QED) is 0.342. The van der Waals surface area contributed by atoms with Gasteiger partial charge in [-0.3, -0.25) is 0 Å². The molecule has 8 heavy (non-hydrogen) atoms. The molecule has 0 unspecified atom stereocenters. The largest absolute Gasteiger partial charge is 1.00 e. The van der Waals surface area contributed by atoms with Crippen LogP contribution in [0.4, 0.5) is 0 Å². The van der Waals surface area contributed by atoms with Crippen LogP contribution in [0, 0.1) is 0 Å². The standard InChI is InChI=1S/C6H14Si.Li/c1-3-5-7-6-4-2;/h3-6H2,1-2H3;/q-1;+1. The third-order valence-corrected chi connectivity index (χ3v) is 2.56. The van der Waals surface area contributed by atoms with Crippen LogP contribution in [0.25, 0.3) is 0 Å². The Morgan fingerprint density at radius 3 is 1.62 bits per heavy atom. The maximum absolute atomic E-state index is 2.25. The Bertz CT molecular complexity index is 27.7. The summed E-state index contributed by atoms with van der Waals surface area (Å²) in [7, 11) is 1.23. The van der Waals surface area contributed by atoms with Crippen molar-refractivity contribution in [2.24, 2.45) is 0 Å². The zero-order chi connectivity index (χ0) is 5.54. The fraction of sp³-hybridized carbons (Fsp3) is 1.00. The van der Waals surface area contributed by atoms with E-state index in [9.17, 15) is 0 Å². The first kappa shape index (κ1) is 11.6. The van der Waals surface area contributed by atoms with Crippen molar-refractivity contribution < 1.29 is 18.9 Å². The van der Waals surface area contributed by atoms with E-state index in [4.69, 9.17) is 0 Å². The average molecular weight is 121 g/mol. The third-order valence-electron chi connectivity index (χ3n) is 0.854. The summed E-state index contributed by atoms with van der Waals surface area (Å²) in [5.41, 5.74) is 0. The van der Waals surface area contributed by atoms with Crippen LogP contribution in [0.15, 0.2) is 0 Å². The van der Waals surface area contributed by atoms with Gasteiger partial charge in [-0.2, -0.15) is 0 Å². The molecule has 0 heterocycles. The van der Waals surface area contributed by atoms with Gasteiger partial charge < -0.3 is 9.52 Å². The SMILES string of the molecule is CCC[Si-]CCC.[Li+]. The van der Waals surface area contributed by atoms with Crippen molar-refractivity contribution in [3.63, 3.8) is 0 Å². The van der Waals surface area contributed by atoms with Crippen molar-refractivity contribution in [2.45, 2.75) is 38.8 Å². The molecule has 0 amide bonds. The summed E-state index contributed by atoms with van der Waals surface area (Å²) >= 11 is 0. The van der Waals surface area contributed by atoms with Crippen LogP contribution in [0.5, 0.6) is 0 Å².